The minimum Gasteiger partial charge on any atom is -0.326 e. The van der Waals surface area contributed by atoms with E-state index in [1.807, 2.05) is 55.6 Å². The molecule has 1 N–H and O–H groups in total. The van der Waals surface area contributed by atoms with E-state index in [-0.39, 0.29) is 5.91 Å². The third-order valence-electron chi connectivity index (χ3n) is 4.67. The standard InChI is InChI=1S/C22H21N3OS/c1-14(2)15-8-10-16(11-9-15)23-22(26)20-13-12-19(27-20)21-24-17-6-4-5-7-18(17)25(21)3/h4-14H,1-3H3,(H,23,26). The van der Waals surface area contributed by atoms with Gasteiger partial charge in [-0.05, 0) is 47.9 Å². The average molecular weight is 375 g/mol. The summed E-state index contributed by atoms with van der Waals surface area (Å²) in [5.41, 5.74) is 4.10. The van der Waals surface area contributed by atoms with E-state index in [0.717, 1.165) is 27.4 Å². The van der Waals surface area contributed by atoms with E-state index in [1.54, 1.807) is 0 Å². The molecule has 2 aromatic heterocycles. The molecule has 1 amide bonds. The number of aromatic nitrogens is 2. The monoisotopic (exact) mass is 375 g/mol. The molecular formula is C22H21N3OS. The topological polar surface area (TPSA) is 46.9 Å². The number of rotatable bonds is 4. The summed E-state index contributed by atoms with van der Waals surface area (Å²) in [5, 5.41) is 2.97. The molecule has 0 aliphatic carbocycles. The van der Waals surface area contributed by atoms with Crippen LogP contribution in [0.2, 0.25) is 0 Å². The summed E-state index contributed by atoms with van der Waals surface area (Å²) in [5.74, 6) is 1.26. The van der Waals surface area contributed by atoms with Crippen LogP contribution in [0.1, 0.15) is 35.0 Å². The van der Waals surface area contributed by atoms with Crippen molar-refractivity contribution in [1.82, 2.24) is 9.55 Å². The minimum absolute atomic E-state index is 0.0951. The van der Waals surface area contributed by atoms with Crippen LogP contribution in [-0.2, 0) is 7.05 Å². The second kappa shape index (κ2) is 7.00. The van der Waals surface area contributed by atoms with E-state index in [9.17, 15) is 4.79 Å². The van der Waals surface area contributed by atoms with Crippen LogP contribution in [0.15, 0.2) is 60.7 Å². The van der Waals surface area contributed by atoms with E-state index < -0.39 is 0 Å². The Morgan fingerprint density at radius 1 is 1.04 bits per heavy atom. The van der Waals surface area contributed by atoms with Crippen molar-refractivity contribution in [2.24, 2.45) is 7.05 Å². The molecule has 0 aliphatic rings. The Balaban J connectivity index is 1.56. The number of thiophene rings is 1. The van der Waals surface area contributed by atoms with Gasteiger partial charge < -0.3 is 9.88 Å². The SMILES string of the molecule is CC(C)c1ccc(NC(=O)c2ccc(-c3nc4ccccc4n3C)s2)cc1. The molecule has 0 atom stereocenters. The molecule has 0 saturated carbocycles. The lowest BCUT2D eigenvalue weighted by Gasteiger charge is -2.07. The van der Waals surface area contributed by atoms with Crippen molar-refractivity contribution in [3.8, 4) is 10.7 Å². The molecule has 0 radical (unpaired) electrons. The molecule has 4 nitrogen and oxygen atoms in total. The van der Waals surface area contributed by atoms with Gasteiger partial charge in [0.2, 0.25) is 0 Å². The zero-order valence-corrected chi connectivity index (χ0v) is 16.4. The van der Waals surface area contributed by atoms with Crippen molar-refractivity contribution in [1.29, 1.82) is 0 Å². The molecule has 2 aromatic carbocycles. The number of hydrogen-bond donors (Lipinski definition) is 1. The molecule has 0 aliphatic heterocycles. The van der Waals surface area contributed by atoms with Gasteiger partial charge in [-0.25, -0.2) is 4.98 Å². The van der Waals surface area contributed by atoms with Crippen LogP contribution in [0, 0.1) is 0 Å². The van der Waals surface area contributed by atoms with Crippen LogP contribution in [-0.4, -0.2) is 15.5 Å². The van der Waals surface area contributed by atoms with E-state index in [4.69, 9.17) is 4.98 Å². The third kappa shape index (κ3) is 3.38. The van der Waals surface area contributed by atoms with Crippen LogP contribution in [0.3, 0.4) is 0 Å². The number of fused-ring (bicyclic) bond motifs is 1. The Morgan fingerprint density at radius 2 is 1.78 bits per heavy atom. The fourth-order valence-corrected chi connectivity index (χ4v) is 4.02. The highest BCUT2D eigenvalue weighted by atomic mass is 32.1. The summed E-state index contributed by atoms with van der Waals surface area (Å²) >= 11 is 1.46. The Bertz CT molecular complexity index is 1110. The number of nitrogens with one attached hydrogen (secondary N) is 1. The quantitative estimate of drug-likeness (QED) is 0.499. The van der Waals surface area contributed by atoms with E-state index >= 15 is 0 Å². The normalized spacial score (nSPS) is 11.3. The smallest absolute Gasteiger partial charge is 0.265 e. The van der Waals surface area contributed by atoms with Gasteiger partial charge in [0.15, 0.2) is 5.82 Å². The summed E-state index contributed by atoms with van der Waals surface area (Å²) in [6.45, 7) is 4.31. The van der Waals surface area contributed by atoms with Gasteiger partial charge in [0.25, 0.3) is 5.91 Å². The lowest BCUT2D eigenvalue weighted by Crippen LogP contribution is -2.09. The summed E-state index contributed by atoms with van der Waals surface area (Å²) in [7, 11) is 2.00. The lowest BCUT2D eigenvalue weighted by atomic mass is 10.0. The molecular weight excluding hydrogens is 354 g/mol. The van der Waals surface area contributed by atoms with Crippen LogP contribution in [0.5, 0.6) is 0 Å². The molecule has 27 heavy (non-hydrogen) atoms. The van der Waals surface area contributed by atoms with Gasteiger partial charge in [-0.1, -0.05) is 38.1 Å². The van der Waals surface area contributed by atoms with Crippen molar-refractivity contribution in [2.75, 3.05) is 5.32 Å². The Hall–Kier alpha value is -2.92. The second-order valence-corrected chi connectivity index (χ2v) is 7.96. The second-order valence-electron chi connectivity index (χ2n) is 6.88. The Morgan fingerprint density at radius 3 is 2.48 bits per heavy atom. The van der Waals surface area contributed by atoms with Crippen molar-refractivity contribution in [3.05, 3.63) is 71.1 Å². The maximum atomic E-state index is 12.6. The summed E-state index contributed by atoms with van der Waals surface area (Å²) < 4.78 is 2.06. The van der Waals surface area contributed by atoms with Crippen LogP contribution >= 0.6 is 11.3 Å². The van der Waals surface area contributed by atoms with Gasteiger partial charge in [0.1, 0.15) is 0 Å². The number of aryl methyl sites for hydroxylation is 1. The van der Waals surface area contributed by atoms with Gasteiger partial charge in [0.05, 0.1) is 20.8 Å². The summed E-state index contributed by atoms with van der Waals surface area (Å²) in [4.78, 5) is 19.0. The van der Waals surface area contributed by atoms with E-state index in [2.05, 4.69) is 35.9 Å². The zero-order chi connectivity index (χ0) is 19.0. The van der Waals surface area contributed by atoms with Gasteiger partial charge in [-0.3, -0.25) is 4.79 Å². The molecule has 5 heteroatoms. The first-order chi connectivity index (χ1) is 13.0. The zero-order valence-electron chi connectivity index (χ0n) is 15.6. The molecule has 0 saturated heterocycles. The lowest BCUT2D eigenvalue weighted by molar-refractivity contribution is 0.103. The number of para-hydroxylation sites is 2. The molecule has 0 spiro atoms. The molecule has 0 bridgehead atoms. The van der Waals surface area contributed by atoms with Gasteiger partial charge in [-0.15, -0.1) is 11.3 Å². The highest BCUT2D eigenvalue weighted by Gasteiger charge is 2.15. The average Bonchev–Trinajstić information content (AvgIpc) is 3.28. The number of carbonyl (C=O) groups is 1. The van der Waals surface area contributed by atoms with E-state index in [0.29, 0.717) is 10.8 Å². The van der Waals surface area contributed by atoms with Gasteiger partial charge >= 0.3 is 0 Å². The van der Waals surface area contributed by atoms with Crippen molar-refractivity contribution < 1.29 is 4.79 Å². The predicted molar refractivity (Wildman–Crippen MR) is 113 cm³/mol. The maximum absolute atomic E-state index is 12.6. The number of anilines is 1. The highest BCUT2D eigenvalue weighted by molar-refractivity contribution is 7.17. The molecule has 2 heterocycles. The highest BCUT2D eigenvalue weighted by Crippen LogP contribution is 2.30. The molecule has 0 fully saturated rings. The van der Waals surface area contributed by atoms with Crippen molar-refractivity contribution in [2.45, 2.75) is 19.8 Å². The number of carbonyl (C=O) groups excluding carboxylic acids is 1. The molecule has 4 rings (SSSR count). The first kappa shape index (κ1) is 17.5. The number of imidazole rings is 1. The molecule has 136 valence electrons. The summed E-state index contributed by atoms with van der Waals surface area (Å²) in [6, 6.07) is 19.9. The number of amides is 1. The summed E-state index contributed by atoms with van der Waals surface area (Å²) in [6.07, 6.45) is 0. The maximum Gasteiger partial charge on any atom is 0.265 e. The van der Waals surface area contributed by atoms with Crippen LogP contribution in [0.25, 0.3) is 21.7 Å². The van der Waals surface area contributed by atoms with E-state index in [1.165, 1.54) is 16.9 Å². The van der Waals surface area contributed by atoms with Gasteiger partial charge in [-0.2, -0.15) is 0 Å². The largest absolute Gasteiger partial charge is 0.326 e. The molecule has 0 unspecified atom stereocenters. The Labute approximate surface area is 162 Å². The van der Waals surface area contributed by atoms with Gasteiger partial charge in [0, 0.05) is 12.7 Å². The van der Waals surface area contributed by atoms with Crippen LogP contribution in [0.4, 0.5) is 5.69 Å². The van der Waals surface area contributed by atoms with Crippen molar-refractivity contribution in [3.63, 3.8) is 0 Å². The Kier molecular flexibility index (Phi) is 4.54. The number of benzene rings is 2. The first-order valence-corrected chi connectivity index (χ1v) is 9.77. The molecule has 4 aromatic rings. The fourth-order valence-electron chi connectivity index (χ4n) is 3.09. The van der Waals surface area contributed by atoms with Crippen molar-refractivity contribution >= 4 is 34.0 Å². The minimum atomic E-state index is -0.0951. The third-order valence-corrected chi connectivity index (χ3v) is 5.75. The predicted octanol–water partition coefficient (Wildman–Crippen LogP) is 5.68. The van der Waals surface area contributed by atoms with Crippen LogP contribution < -0.4 is 5.32 Å². The first-order valence-electron chi connectivity index (χ1n) is 8.96. The number of hydrogen-bond acceptors (Lipinski definition) is 3. The fraction of sp³-hybridized carbons (Fsp3) is 0.182. The number of nitrogens with zero attached hydrogens (tertiary/aromatic N) is 2.